The predicted molar refractivity (Wildman–Crippen MR) is 86.9 cm³/mol. The molecule has 25 heavy (non-hydrogen) atoms. The fourth-order valence-corrected chi connectivity index (χ4v) is 2.19. The van der Waals surface area contributed by atoms with Crippen LogP contribution in [0.4, 0.5) is 5.69 Å². The van der Waals surface area contributed by atoms with Gasteiger partial charge >= 0.3 is 5.69 Å². The van der Waals surface area contributed by atoms with Crippen LogP contribution in [0, 0.1) is 10.1 Å². The van der Waals surface area contributed by atoms with Gasteiger partial charge in [-0.2, -0.15) is 5.10 Å². The van der Waals surface area contributed by atoms with Gasteiger partial charge in [0.1, 0.15) is 6.61 Å². The third kappa shape index (κ3) is 3.50. The topological polar surface area (TPSA) is 123 Å². The molecule has 3 rings (SSSR count). The van der Waals surface area contributed by atoms with Gasteiger partial charge in [0.25, 0.3) is 5.91 Å². The first-order chi connectivity index (χ1) is 12.1. The van der Waals surface area contributed by atoms with Crippen LogP contribution in [0.1, 0.15) is 5.56 Å². The zero-order valence-electron chi connectivity index (χ0n) is 12.8. The molecule has 0 saturated carbocycles. The summed E-state index contributed by atoms with van der Waals surface area (Å²) in [5.74, 6) is -0.0712. The lowest BCUT2D eigenvalue weighted by Crippen LogP contribution is -2.42. The number of nitrogens with one attached hydrogen (secondary N) is 1. The van der Waals surface area contributed by atoms with Crippen molar-refractivity contribution in [2.24, 2.45) is 5.10 Å². The number of para-hydroxylation sites is 3. The van der Waals surface area contributed by atoms with E-state index in [2.05, 4.69) is 10.5 Å². The van der Waals surface area contributed by atoms with E-state index in [9.17, 15) is 20.0 Å². The smallest absolute Gasteiger partial charge is 0.311 e. The van der Waals surface area contributed by atoms with Gasteiger partial charge in [-0.1, -0.05) is 18.2 Å². The largest absolute Gasteiger partial charge is 0.502 e. The fourth-order valence-electron chi connectivity index (χ4n) is 2.19. The Morgan fingerprint density at radius 3 is 2.80 bits per heavy atom. The number of carbonyl (C=O) groups excluding carboxylic acids is 1. The third-order valence-corrected chi connectivity index (χ3v) is 3.42. The summed E-state index contributed by atoms with van der Waals surface area (Å²) >= 11 is 0. The number of nitro groups is 1. The van der Waals surface area contributed by atoms with Crippen molar-refractivity contribution in [3.63, 3.8) is 0 Å². The molecule has 0 fully saturated rings. The quantitative estimate of drug-likeness (QED) is 0.494. The van der Waals surface area contributed by atoms with E-state index < -0.39 is 28.4 Å². The Labute approximate surface area is 141 Å². The molecule has 2 N–H and O–H groups in total. The number of ether oxygens (including phenoxy) is 2. The molecule has 9 nitrogen and oxygen atoms in total. The molecule has 2 aromatic rings. The highest BCUT2D eigenvalue weighted by molar-refractivity contribution is 5.87. The maximum Gasteiger partial charge on any atom is 0.311 e. The number of amides is 1. The van der Waals surface area contributed by atoms with E-state index in [4.69, 9.17) is 9.47 Å². The highest BCUT2D eigenvalue weighted by Gasteiger charge is 2.27. The summed E-state index contributed by atoms with van der Waals surface area (Å²) in [5.41, 5.74) is 1.90. The molecule has 128 valence electrons. The molecule has 1 aliphatic heterocycles. The molecule has 0 radical (unpaired) electrons. The van der Waals surface area contributed by atoms with E-state index in [1.807, 2.05) is 0 Å². The Kier molecular flexibility index (Phi) is 4.46. The van der Waals surface area contributed by atoms with Crippen LogP contribution in [0.3, 0.4) is 0 Å². The number of nitro benzene ring substituents is 1. The van der Waals surface area contributed by atoms with Crippen molar-refractivity contribution in [1.29, 1.82) is 0 Å². The van der Waals surface area contributed by atoms with Crippen LogP contribution in [0.15, 0.2) is 47.6 Å². The van der Waals surface area contributed by atoms with Crippen molar-refractivity contribution in [3.05, 3.63) is 58.1 Å². The average molecular weight is 343 g/mol. The third-order valence-electron chi connectivity index (χ3n) is 3.42. The molecule has 1 unspecified atom stereocenters. The van der Waals surface area contributed by atoms with Crippen LogP contribution in [0.5, 0.6) is 17.2 Å². The second-order valence-corrected chi connectivity index (χ2v) is 5.07. The molecule has 9 heteroatoms. The summed E-state index contributed by atoms with van der Waals surface area (Å²) in [6, 6.07) is 10.9. The highest BCUT2D eigenvalue weighted by Crippen LogP contribution is 2.31. The molecule has 1 atom stereocenters. The number of benzene rings is 2. The molecular weight excluding hydrogens is 330 g/mol. The van der Waals surface area contributed by atoms with Gasteiger partial charge in [-0.15, -0.1) is 0 Å². The van der Waals surface area contributed by atoms with E-state index in [-0.39, 0.29) is 12.2 Å². The Balaban J connectivity index is 1.64. The monoisotopic (exact) mass is 343 g/mol. The first kappa shape index (κ1) is 16.2. The lowest BCUT2D eigenvalue weighted by Gasteiger charge is -2.24. The molecule has 2 aromatic carbocycles. The normalized spacial score (nSPS) is 15.8. The van der Waals surface area contributed by atoms with Crippen LogP contribution >= 0.6 is 0 Å². The number of carbonyl (C=O) groups is 1. The lowest BCUT2D eigenvalue weighted by molar-refractivity contribution is -0.385. The fraction of sp³-hybridized carbons (Fsp3) is 0.125. The molecule has 0 aliphatic carbocycles. The lowest BCUT2D eigenvalue weighted by atomic mass is 10.2. The van der Waals surface area contributed by atoms with Crippen molar-refractivity contribution in [2.75, 3.05) is 6.61 Å². The van der Waals surface area contributed by atoms with Crippen molar-refractivity contribution in [3.8, 4) is 17.2 Å². The Morgan fingerprint density at radius 1 is 1.28 bits per heavy atom. The van der Waals surface area contributed by atoms with E-state index in [0.29, 0.717) is 11.5 Å². The predicted octanol–water partition coefficient (Wildman–Crippen LogP) is 1.59. The van der Waals surface area contributed by atoms with Gasteiger partial charge < -0.3 is 14.6 Å². The highest BCUT2D eigenvalue weighted by atomic mass is 16.6. The van der Waals surface area contributed by atoms with Crippen LogP contribution < -0.4 is 14.9 Å². The number of phenolic OH excluding ortho intramolecular Hbond substituents is 1. The summed E-state index contributed by atoms with van der Waals surface area (Å²) < 4.78 is 11.0. The summed E-state index contributed by atoms with van der Waals surface area (Å²) in [6.07, 6.45) is 0.225. The zero-order valence-corrected chi connectivity index (χ0v) is 12.8. The SMILES string of the molecule is O=C(N/N=C\c1cccc([N+](=O)[O-])c1O)C1COc2ccccc2O1. The van der Waals surface area contributed by atoms with Gasteiger partial charge in [0.15, 0.2) is 11.5 Å². The van der Waals surface area contributed by atoms with Crippen molar-refractivity contribution in [1.82, 2.24) is 5.43 Å². The number of hydrogen-bond acceptors (Lipinski definition) is 7. The second kappa shape index (κ2) is 6.87. The van der Waals surface area contributed by atoms with Crippen LogP contribution in [-0.4, -0.2) is 34.9 Å². The van der Waals surface area contributed by atoms with Gasteiger partial charge in [-0.05, 0) is 18.2 Å². The zero-order chi connectivity index (χ0) is 17.8. The molecule has 0 bridgehead atoms. The number of hydrogen-bond donors (Lipinski definition) is 2. The van der Waals surface area contributed by atoms with Crippen LogP contribution in [0.25, 0.3) is 0 Å². The first-order valence-electron chi connectivity index (χ1n) is 7.24. The van der Waals surface area contributed by atoms with Gasteiger partial charge in [0.05, 0.1) is 11.1 Å². The molecule has 0 aromatic heterocycles. The Bertz CT molecular complexity index is 852. The number of fused-ring (bicyclic) bond motifs is 1. The van der Waals surface area contributed by atoms with Gasteiger partial charge in [0, 0.05) is 11.6 Å². The molecular formula is C16H13N3O6. The summed E-state index contributed by atoms with van der Waals surface area (Å²) in [5, 5.41) is 24.2. The molecule has 0 spiro atoms. The molecule has 1 amide bonds. The minimum absolute atomic E-state index is 0.0282. The summed E-state index contributed by atoms with van der Waals surface area (Å²) in [6.45, 7) is 0.0282. The van der Waals surface area contributed by atoms with E-state index in [0.717, 1.165) is 12.3 Å². The minimum Gasteiger partial charge on any atom is -0.502 e. The Hall–Kier alpha value is -3.62. The summed E-state index contributed by atoms with van der Waals surface area (Å²) in [7, 11) is 0. The van der Waals surface area contributed by atoms with E-state index in [1.165, 1.54) is 12.1 Å². The molecule has 1 aliphatic rings. The number of rotatable bonds is 4. The Morgan fingerprint density at radius 2 is 2.04 bits per heavy atom. The minimum atomic E-state index is -0.884. The van der Waals surface area contributed by atoms with Gasteiger partial charge in [0.2, 0.25) is 11.9 Å². The maximum atomic E-state index is 12.1. The number of phenols is 1. The molecule has 1 heterocycles. The number of nitrogens with zero attached hydrogens (tertiary/aromatic N) is 2. The standard InChI is InChI=1S/C16H13N3O6/c20-15-10(4-3-5-11(15)19(22)23)8-17-18-16(21)14-9-24-12-6-1-2-7-13(12)25-14/h1-8,14,20H,9H2,(H,18,21)/b17-8-. The van der Waals surface area contributed by atoms with E-state index in [1.54, 1.807) is 24.3 Å². The average Bonchev–Trinajstić information content (AvgIpc) is 2.62. The number of aromatic hydroxyl groups is 1. The van der Waals surface area contributed by atoms with Crippen LogP contribution in [-0.2, 0) is 4.79 Å². The van der Waals surface area contributed by atoms with Gasteiger partial charge in [-0.3, -0.25) is 14.9 Å². The van der Waals surface area contributed by atoms with Crippen molar-refractivity contribution >= 4 is 17.8 Å². The second-order valence-electron chi connectivity index (χ2n) is 5.07. The number of hydrazone groups is 1. The van der Waals surface area contributed by atoms with Crippen LogP contribution in [0.2, 0.25) is 0 Å². The van der Waals surface area contributed by atoms with Crippen molar-refractivity contribution < 1.29 is 24.3 Å². The molecule has 0 saturated heterocycles. The van der Waals surface area contributed by atoms with E-state index >= 15 is 0 Å². The van der Waals surface area contributed by atoms with Crippen molar-refractivity contribution in [2.45, 2.75) is 6.10 Å². The first-order valence-corrected chi connectivity index (χ1v) is 7.24. The summed E-state index contributed by atoms with van der Waals surface area (Å²) in [4.78, 5) is 22.1. The van der Waals surface area contributed by atoms with Gasteiger partial charge in [-0.25, -0.2) is 5.43 Å². The maximum absolute atomic E-state index is 12.1.